The van der Waals surface area contributed by atoms with Crippen molar-refractivity contribution >= 4 is 23.2 Å². The quantitative estimate of drug-likeness (QED) is 0.746. The molecule has 4 nitrogen and oxygen atoms in total. The van der Waals surface area contributed by atoms with Gasteiger partial charge in [0.15, 0.2) is 0 Å². The van der Waals surface area contributed by atoms with Gasteiger partial charge in [-0.1, -0.05) is 6.07 Å². The lowest BCUT2D eigenvalue weighted by Gasteiger charge is -2.08. The summed E-state index contributed by atoms with van der Waals surface area (Å²) in [5.74, 6) is -0.275. The monoisotopic (exact) mass is 283 g/mol. The molecule has 1 rings (SSSR count). The summed E-state index contributed by atoms with van der Waals surface area (Å²) in [6, 6.07) is 4.09. The van der Waals surface area contributed by atoms with Crippen molar-refractivity contribution in [1.29, 1.82) is 0 Å². The van der Waals surface area contributed by atoms with Crippen LogP contribution in [0.15, 0.2) is 17.5 Å². The fraction of sp³-hybridized carbons (Fsp3) is 0.571. The zero-order chi connectivity index (χ0) is 14.1. The maximum Gasteiger partial charge on any atom is 0.307 e. The number of rotatable bonds is 8. The topological polar surface area (TPSA) is 55.4 Å². The second-order valence-electron chi connectivity index (χ2n) is 4.57. The first-order chi connectivity index (χ1) is 9.08. The number of ether oxygens (including phenoxy) is 1. The average Bonchev–Trinajstić information content (AvgIpc) is 2.81. The van der Waals surface area contributed by atoms with Crippen LogP contribution in [0.2, 0.25) is 0 Å². The van der Waals surface area contributed by atoms with E-state index in [1.807, 2.05) is 11.4 Å². The molecule has 0 fully saturated rings. The fourth-order valence-corrected chi connectivity index (χ4v) is 2.34. The maximum atomic E-state index is 11.5. The Bertz CT molecular complexity index is 387. The molecule has 1 heterocycles. The van der Waals surface area contributed by atoms with Crippen molar-refractivity contribution in [3.05, 3.63) is 22.4 Å². The Balaban J connectivity index is 2.03. The smallest absolute Gasteiger partial charge is 0.307 e. The fourth-order valence-electron chi connectivity index (χ4n) is 1.59. The maximum absolute atomic E-state index is 11.5. The second kappa shape index (κ2) is 8.69. The molecular formula is C14H21NO3S. The van der Waals surface area contributed by atoms with E-state index in [0.29, 0.717) is 13.0 Å². The van der Waals surface area contributed by atoms with Crippen molar-refractivity contribution < 1.29 is 14.3 Å². The molecule has 106 valence electrons. The lowest BCUT2D eigenvalue weighted by Crippen LogP contribution is -2.26. The molecule has 1 aromatic rings. The van der Waals surface area contributed by atoms with Crippen molar-refractivity contribution in [1.82, 2.24) is 5.32 Å². The van der Waals surface area contributed by atoms with Crippen LogP contribution >= 0.6 is 11.3 Å². The van der Waals surface area contributed by atoms with Crippen LogP contribution in [0.5, 0.6) is 0 Å². The van der Waals surface area contributed by atoms with Crippen LogP contribution in [-0.4, -0.2) is 24.5 Å². The molecule has 19 heavy (non-hydrogen) atoms. The van der Waals surface area contributed by atoms with E-state index < -0.39 is 0 Å². The number of carbonyl (C=O) groups excluding carboxylic acids is 2. The molecule has 1 N–H and O–H groups in total. The summed E-state index contributed by atoms with van der Waals surface area (Å²) in [5.41, 5.74) is 0. The van der Waals surface area contributed by atoms with E-state index in [9.17, 15) is 9.59 Å². The average molecular weight is 283 g/mol. The Hall–Kier alpha value is -1.36. The zero-order valence-corrected chi connectivity index (χ0v) is 12.3. The molecule has 1 amide bonds. The Morgan fingerprint density at radius 3 is 2.79 bits per heavy atom. The van der Waals surface area contributed by atoms with Crippen molar-refractivity contribution in [2.24, 2.45) is 0 Å². The van der Waals surface area contributed by atoms with E-state index in [4.69, 9.17) is 4.74 Å². The van der Waals surface area contributed by atoms with E-state index in [1.165, 1.54) is 4.88 Å². The molecule has 5 heteroatoms. The van der Waals surface area contributed by atoms with Crippen LogP contribution in [0.1, 0.15) is 38.0 Å². The number of hydrogen-bond donors (Lipinski definition) is 1. The lowest BCUT2D eigenvalue weighted by atomic mass is 10.2. The summed E-state index contributed by atoms with van der Waals surface area (Å²) in [5, 5.41) is 4.77. The molecule has 0 saturated carbocycles. The van der Waals surface area contributed by atoms with E-state index in [2.05, 4.69) is 11.4 Å². The predicted molar refractivity (Wildman–Crippen MR) is 76.1 cm³/mol. The van der Waals surface area contributed by atoms with Crippen LogP contribution < -0.4 is 5.32 Å². The van der Waals surface area contributed by atoms with Gasteiger partial charge in [0.25, 0.3) is 0 Å². The van der Waals surface area contributed by atoms with Gasteiger partial charge in [-0.25, -0.2) is 0 Å². The standard InChI is InChI=1S/C14H21NO3S/c1-11(2)18-14(17)8-9-15-13(16)7-3-5-12-6-4-10-19-12/h4,6,10-11H,3,5,7-9H2,1-2H3,(H,15,16). The molecule has 0 atom stereocenters. The Morgan fingerprint density at radius 2 is 2.16 bits per heavy atom. The van der Waals surface area contributed by atoms with Crippen LogP contribution in [0.4, 0.5) is 0 Å². The van der Waals surface area contributed by atoms with Gasteiger partial charge in [0.05, 0.1) is 12.5 Å². The van der Waals surface area contributed by atoms with Crippen LogP contribution in [0.25, 0.3) is 0 Å². The molecular weight excluding hydrogens is 262 g/mol. The summed E-state index contributed by atoms with van der Waals surface area (Å²) in [4.78, 5) is 24.0. The highest BCUT2D eigenvalue weighted by Crippen LogP contribution is 2.11. The number of aryl methyl sites for hydroxylation is 1. The van der Waals surface area contributed by atoms with Gasteiger partial charge >= 0.3 is 5.97 Å². The lowest BCUT2D eigenvalue weighted by molar-refractivity contribution is -0.147. The van der Waals surface area contributed by atoms with Gasteiger partial charge in [0.2, 0.25) is 5.91 Å². The van der Waals surface area contributed by atoms with E-state index in [0.717, 1.165) is 12.8 Å². The molecule has 0 saturated heterocycles. The molecule has 0 spiro atoms. The molecule has 0 unspecified atom stereocenters. The zero-order valence-electron chi connectivity index (χ0n) is 11.5. The Kier molecular flexibility index (Phi) is 7.18. The van der Waals surface area contributed by atoms with Crippen molar-refractivity contribution in [2.75, 3.05) is 6.54 Å². The first-order valence-electron chi connectivity index (χ1n) is 6.56. The molecule has 0 aliphatic heterocycles. The molecule has 0 aliphatic carbocycles. The number of carbonyl (C=O) groups is 2. The number of hydrogen-bond acceptors (Lipinski definition) is 4. The van der Waals surface area contributed by atoms with Gasteiger partial charge in [-0.2, -0.15) is 0 Å². The minimum Gasteiger partial charge on any atom is -0.463 e. The number of thiophene rings is 1. The van der Waals surface area contributed by atoms with Gasteiger partial charge in [0, 0.05) is 17.8 Å². The Labute approximate surface area is 118 Å². The first kappa shape index (κ1) is 15.7. The summed E-state index contributed by atoms with van der Waals surface area (Å²) < 4.78 is 4.97. The highest BCUT2D eigenvalue weighted by atomic mass is 32.1. The third kappa shape index (κ3) is 7.62. The number of nitrogens with one attached hydrogen (secondary N) is 1. The first-order valence-corrected chi connectivity index (χ1v) is 7.44. The normalized spacial score (nSPS) is 10.5. The summed E-state index contributed by atoms with van der Waals surface area (Å²) in [7, 11) is 0. The van der Waals surface area contributed by atoms with Gasteiger partial charge in [-0.3, -0.25) is 9.59 Å². The molecule has 0 aromatic carbocycles. The highest BCUT2D eigenvalue weighted by Gasteiger charge is 2.07. The molecule has 0 radical (unpaired) electrons. The number of esters is 1. The second-order valence-corrected chi connectivity index (χ2v) is 5.60. The van der Waals surface area contributed by atoms with Gasteiger partial charge in [-0.05, 0) is 38.1 Å². The third-order valence-corrected chi connectivity index (χ3v) is 3.36. The molecule has 0 bridgehead atoms. The Morgan fingerprint density at radius 1 is 1.37 bits per heavy atom. The molecule has 0 aliphatic rings. The SMILES string of the molecule is CC(C)OC(=O)CCNC(=O)CCCc1cccs1. The minimum atomic E-state index is -0.270. The predicted octanol–water partition coefficient (Wildman–Crippen LogP) is 2.53. The van der Waals surface area contributed by atoms with Crippen LogP contribution in [-0.2, 0) is 20.7 Å². The largest absolute Gasteiger partial charge is 0.463 e. The van der Waals surface area contributed by atoms with Crippen molar-refractivity contribution in [2.45, 2.75) is 45.6 Å². The van der Waals surface area contributed by atoms with Crippen molar-refractivity contribution in [3.63, 3.8) is 0 Å². The highest BCUT2D eigenvalue weighted by molar-refractivity contribution is 7.09. The van der Waals surface area contributed by atoms with Crippen LogP contribution in [0, 0.1) is 0 Å². The summed E-state index contributed by atoms with van der Waals surface area (Å²) in [6.45, 7) is 3.96. The van der Waals surface area contributed by atoms with Gasteiger partial charge in [0.1, 0.15) is 0 Å². The van der Waals surface area contributed by atoms with Gasteiger partial charge in [-0.15, -0.1) is 11.3 Å². The summed E-state index contributed by atoms with van der Waals surface area (Å²) >= 11 is 1.71. The van der Waals surface area contributed by atoms with Gasteiger partial charge < -0.3 is 10.1 Å². The minimum absolute atomic E-state index is 0.00565. The third-order valence-electron chi connectivity index (χ3n) is 2.43. The summed E-state index contributed by atoms with van der Waals surface area (Å²) in [6.07, 6.45) is 2.39. The molecule has 1 aromatic heterocycles. The van der Waals surface area contributed by atoms with Crippen LogP contribution in [0.3, 0.4) is 0 Å². The van der Waals surface area contributed by atoms with E-state index >= 15 is 0 Å². The van der Waals surface area contributed by atoms with Crippen molar-refractivity contribution in [3.8, 4) is 0 Å². The number of amides is 1. The van der Waals surface area contributed by atoms with E-state index in [-0.39, 0.29) is 24.4 Å². The van der Waals surface area contributed by atoms with E-state index in [1.54, 1.807) is 25.2 Å².